The van der Waals surface area contributed by atoms with E-state index in [0.717, 1.165) is 18.9 Å². The monoisotopic (exact) mass is 273 g/mol. The number of anilines is 1. The summed E-state index contributed by atoms with van der Waals surface area (Å²) in [4.78, 5) is 5.65. The van der Waals surface area contributed by atoms with Crippen molar-refractivity contribution in [3.05, 3.63) is 23.9 Å². The second-order valence-corrected chi connectivity index (χ2v) is 5.17. The lowest BCUT2D eigenvalue weighted by Crippen LogP contribution is -2.50. The van der Waals surface area contributed by atoms with E-state index in [9.17, 15) is 13.2 Å². The number of rotatable bonds is 2. The average Bonchev–Trinajstić information content (AvgIpc) is 2.39. The molecule has 1 aromatic heterocycles. The molecule has 1 fully saturated rings. The van der Waals surface area contributed by atoms with Crippen molar-refractivity contribution < 1.29 is 13.2 Å². The zero-order valence-electron chi connectivity index (χ0n) is 11.1. The van der Waals surface area contributed by atoms with Crippen LogP contribution in [-0.2, 0) is 6.18 Å². The van der Waals surface area contributed by atoms with Gasteiger partial charge in [0.15, 0.2) is 0 Å². The summed E-state index contributed by atoms with van der Waals surface area (Å²) in [5, 5.41) is 3.23. The number of piperidine rings is 1. The van der Waals surface area contributed by atoms with Crippen LogP contribution in [0.3, 0.4) is 0 Å². The fourth-order valence-electron chi connectivity index (χ4n) is 2.33. The fourth-order valence-corrected chi connectivity index (χ4v) is 2.33. The number of halogens is 3. The molecular weight excluding hydrogens is 255 g/mol. The molecule has 0 aliphatic carbocycles. The van der Waals surface area contributed by atoms with E-state index in [4.69, 9.17) is 0 Å². The van der Waals surface area contributed by atoms with Crippen LogP contribution in [0.1, 0.15) is 25.3 Å². The van der Waals surface area contributed by atoms with Gasteiger partial charge in [-0.2, -0.15) is 13.2 Å². The second-order valence-electron chi connectivity index (χ2n) is 5.17. The zero-order chi connectivity index (χ0) is 14.1. The van der Waals surface area contributed by atoms with Crippen LogP contribution in [0.4, 0.5) is 19.0 Å². The number of alkyl halides is 3. The van der Waals surface area contributed by atoms with Crippen molar-refractivity contribution in [2.24, 2.45) is 0 Å². The first kappa shape index (κ1) is 14.1. The minimum absolute atomic E-state index is 0.00365. The van der Waals surface area contributed by atoms with Crippen LogP contribution < -0.4 is 10.2 Å². The highest BCUT2D eigenvalue weighted by Crippen LogP contribution is 2.36. The summed E-state index contributed by atoms with van der Waals surface area (Å²) in [5.41, 5.74) is -0.646. The smallest absolute Gasteiger partial charge is 0.356 e. The molecule has 2 rings (SSSR count). The predicted molar refractivity (Wildman–Crippen MR) is 68.2 cm³/mol. The van der Waals surface area contributed by atoms with Crippen LogP contribution in [0.5, 0.6) is 0 Å². The normalized spacial score (nSPS) is 19.5. The van der Waals surface area contributed by atoms with Gasteiger partial charge in [0.1, 0.15) is 5.82 Å². The molecule has 106 valence electrons. The van der Waals surface area contributed by atoms with Crippen LogP contribution in [0.15, 0.2) is 18.3 Å². The van der Waals surface area contributed by atoms with E-state index in [1.807, 2.05) is 7.05 Å². The zero-order valence-corrected chi connectivity index (χ0v) is 11.1. The molecule has 1 aliphatic heterocycles. The van der Waals surface area contributed by atoms with Crippen molar-refractivity contribution in [2.45, 2.75) is 31.5 Å². The third-order valence-electron chi connectivity index (χ3n) is 3.86. The van der Waals surface area contributed by atoms with E-state index in [2.05, 4.69) is 17.2 Å². The molecule has 1 aromatic rings. The molecule has 0 atom stereocenters. The first-order chi connectivity index (χ1) is 8.86. The van der Waals surface area contributed by atoms with Gasteiger partial charge < -0.3 is 10.2 Å². The highest BCUT2D eigenvalue weighted by Gasteiger charge is 2.37. The molecular formula is C13H18F3N3. The Bertz CT molecular complexity index is 437. The average molecular weight is 273 g/mol. The standard InChI is InChI=1S/C13H18F3N3/c1-12(17-2)5-8-19(9-6-12)11-10(13(14,15)16)4-3-7-18-11/h3-4,7,17H,5-6,8-9H2,1-2H3. The first-order valence-corrected chi connectivity index (χ1v) is 6.32. The van der Waals surface area contributed by atoms with Gasteiger partial charge in [-0.15, -0.1) is 0 Å². The van der Waals surface area contributed by atoms with Crippen molar-refractivity contribution in [2.75, 3.05) is 25.0 Å². The molecule has 6 heteroatoms. The van der Waals surface area contributed by atoms with Crippen LogP contribution >= 0.6 is 0 Å². The minimum atomic E-state index is -4.35. The summed E-state index contributed by atoms with van der Waals surface area (Å²) >= 11 is 0. The van der Waals surface area contributed by atoms with Crippen molar-refractivity contribution in [3.63, 3.8) is 0 Å². The third-order valence-corrected chi connectivity index (χ3v) is 3.86. The number of hydrogen-bond acceptors (Lipinski definition) is 3. The molecule has 1 saturated heterocycles. The van der Waals surface area contributed by atoms with Crippen LogP contribution in [0.25, 0.3) is 0 Å². The Morgan fingerprint density at radius 1 is 1.32 bits per heavy atom. The number of nitrogens with zero attached hydrogens (tertiary/aromatic N) is 2. The van der Waals surface area contributed by atoms with Gasteiger partial charge >= 0.3 is 6.18 Å². The van der Waals surface area contributed by atoms with E-state index >= 15 is 0 Å². The maximum atomic E-state index is 12.9. The Balaban J connectivity index is 2.21. The molecule has 0 saturated carbocycles. The van der Waals surface area contributed by atoms with Gasteiger partial charge in [-0.25, -0.2) is 4.98 Å². The Morgan fingerprint density at radius 3 is 2.47 bits per heavy atom. The van der Waals surface area contributed by atoms with Gasteiger partial charge in [0.2, 0.25) is 0 Å². The summed E-state index contributed by atoms with van der Waals surface area (Å²) < 4.78 is 38.8. The molecule has 19 heavy (non-hydrogen) atoms. The molecule has 0 radical (unpaired) electrons. The maximum Gasteiger partial charge on any atom is 0.419 e. The van der Waals surface area contributed by atoms with Gasteiger partial charge in [-0.05, 0) is 38.9 Å². The largest absolute Gasteiger partial charge is 0.419 e. The summed E-state index contributed by atoms with van der Waals surface area (Å²) in [6.07, 6.45) is -1.33. The van der Waals surface area contributed by atoms with E-state index in [1.54, 1.807) is 4.90 Å². The van der Waals surface area contributed by atoms with Crippen molar-refractivity contribution in [1.82, 2.24) is 10.3 Å². The van der Waals surface area contributed by atoms with Crippen molar-refractivity contribution >= 4 is 5.82 Å². The molecule has 3 nitrogen and oxygen atoms in total. The number of aromatic nitrogens is 1. The molecule has 0 spiro atoms. The SMILES string of the molecule is CNC1(C)CCN(c2ncccc2C(F)(F)F)CC1. The van der Waals surface area contributed by atoms with Gasteiger partial charge in [-0.3, -0.25) is 0 Å². The summed E-state index contributed by atoms with van der Waals surface area (Å²) in [6.45, 7) is 3.25. The molecule has 0 bridgehead atoms. The fraction of sp³-hybridized carbons (Fsp3) is 0.615. The molecule has 0 aromatic carbocycles. The first-order valence-electron chi connectivity index (χ1n) is 6.32. The van der Waals surface area contributed by atoms with E-state index in [0.29, 0.717) is 13.1 Å². The van der Waals surface area contributed by atoms with E-state index in [-0.39, 0.29) is 11.4 Å². The third kappa shape index (κ3) is 3.00. The van der Waals surface area contributed by atoms with Crippen LogP contribution in [0, 0.1) is 0 Å². The lowest BCUT2D eigenvalue weighted by molar-refractivity contribution is -0.137. The maximum absolute atomic E-state index is 12.9. The number of nitrogens with one attached hydrogen (secondary N) is 1. The number of hydrogen-bond donors (Lipinski definition) is 1. The van der Waals surface area contributed by atoms with Crippen molar-refractivity contribution in [3.8, 4) is 0 Å². The second kappa shape index (κ2) is 5.00. The van der Waals surface area contributed by atoms with Gasteiger partial charge in [0.25, 0.3) is 0 Å². The molecule has 0 amide bonds. The molecule has 1 aliphatic rings. The summed E-state index contributed by atoms with van der Waals surface area (Å²) in [5.74, 6) is 0.0492. The lowest BCUT2D eigenvalue weighted by Gasteiger charge is -2.40. The Kier molecular flexibility index (Phi) is 3.71. The Morgan fingerprint density at radius 2 is 1.95 bits per heavy atom. The van der Waals surface area contributed by atoms with Crippen molar-refractivity contribution in [1.29, 1.82) is 0 Å². The summed E-state index contributed by atoms with van der Waals surface area (Å²) in [7, 11) is 1.89. The van der Waals surface area contributed by atoms with Gasteiger partial charge in [0.05, 0.1) is 5.56 Å². The molecule has 1 N–H and O–H groups in total. The quantitative estimate of drug-likeness (QED) is 0.898. The highest BCUT2D eigenvalue weighted by atomic mass is 19.4. The minimum Gasteiger partial charge on any atom is -0.356 e. The van der Waals surface area contributed by atoms with E-state index in [1.165, 1.54) is 12.3 Å². The van der Waals surface area contributed by atoms with Gasteiger partial charge in [0, 0.05) is 24.8 Å². The molecule has 2 heterocycles. The topological polar surface area (TPSA) is 28.2 Å². The predicted octanol–water partition coefficient (Wildman–Crippen LogP) is 2.68. The summed E-state index contributed by atoms with van der Waals surface area (Å²) in [6, 6.07) is 2.42. The lowest BCUT2D eigenvalue weighted by atomic mass is 9.90. The van der Waals surface area contributed by atoms with Gasteiger partial charge in [-0.1, -0.05) is 0 Å². The van der Waals surface area contributed by atoms with Crippen LogP contribution in [-0.4, -0.2) is 30.7 Å². The van der Waals surface area contributed by atoms with E-state index < -0.39 is 11.7 Å². The Labute approximate surface area is 110 Å². The highest BCUT2D eigenvalue weighted by molar-refractivity contribution is 5.48. The number of pyridine rings is 1. The molecule has 0 unspecified atom stereocenters. The van der Waals surface area contributed by atoms with Crippen LogP contribution in [0.2, 0.25) is 0 Å². The Hall–Kier alpha value is -1.30.